The zero-order chi connectivity index (χ0) is 24.3. The van der Waals surface area contributed by atoms with E-state index in [1.165, 1.54) is 6.08 Å². The van der Waals surface area contributed by atoms with Crippen molar-refractivity contribution in [3.63, 3.8) is 0 Å². The Morgan fingerprint density at radius 3 is 2.48 bits per heavy atom. The van der Waals surface area contributed by atoms with Crippen molar-refractivity contribution in [3.05, 3.63) is 60.0 Å². The number of rotatable bonds is 14. The third-order valence-corrected chi connectivity index (χ3v) is 7.11. The lowest BCUT2D eigenvalue weighted by Crippen LogP contribution is -2.41. The van der Waals surface area contributed by atoms with E-state index in [1.54, 1.807) is 11.9 Å². The van der Waals surface area contributed by atoms with Gasteiger partial charge in [-0.05, 0) is 43.9 Å². The lowest BCUT2D eigenvalue weighted by molar-refractivity contribution is 0.0765. The topological polar surface area (TPSA) is 45.2 Å². The van der Waals surface area contributed by atoms with Crippen LogP contribution in [0, 0.1) is 0 Å². The fourth-order valence-electron chi connectivity index (χ4n) is 4.01. The number of aliphatic hydroxyl groups excluding tert-OH is 1. The molecular weight excluding hydrogens is 439 g/mol. The molecule has 1 saturated heterocycles. The number of ether oxygens (including phenoxy) is 2. The van der Waals surface area contributed by atoms with Gasteiger partial charge in [-0.15, -0.1) is 0 Å². The predicted molar refractivity (Wildman–Crippen MR) is 136 cm³/mol. The molecule has 33 heavy (non-hydrogen) atoms. The first-order valence-corrected chi connectivity index (χ1v) is 12.8. The van der Waals surface area contributed by atoms with E-state index in [4.69, 9.17) is 9.47 Å². The zero-order valence-electron chi connectivity index (χ0n) is 20.6. The van der Waals surface area contributed by atoms with Crippen LogP contribution in [0.5, 0.6) is 0 Å². The molecule has 186 valence electrons. The number of halogens is 1. The Kier molecular flexibility index (Phi) is 11.7. The summed E-state index contributed by atoms with van der Waals surface area (Å²) in [5, 5.41) is 10.1. The lowest BCUT2D eigenvalue weighted by atomic mass is 9.90. The van der Waals surface area contributed by atoms with Crippen LogP contribution < -0.4 is 0 Å². The van der Waals surface area contributed by atoms with Crippen molar-refractivity contribution in [1.82, 2.24) is 9.21 Å². The molecule has 0 bridgehead atoms. The highest BCUT2D eigenvalue weighted by atomic mass is 32.2. The van der Waals surface area contributed by atoms with Gasteiger partial charge in [-0.1, -0.05) is 51.8 Å². The SMILES string of the molecule is C=C/C(F)=C\C(=C)OC1=C(N(CCCC)CCCC)C=C(CO)CC1(C)SN1CCOCC1. The maximum absolute atomic E-state index is 13.9. The number of nitrogens with zero attached hydrogens (tertiary/aromatic N) is 2. The Hall–Kier alpha value is -1.54. The number of hydrogen-bond donors (Lipinski definition) is 1. The minimum Gasteiger partial charge on any atom is -0.459 e. The Morgan fingerprint density at radius 1 is 1.30 bits per heavy atom. The minimum absolute atomic E-state index is 0.00260. The summed E-state index contributed by atoms with van der Waals surface area (Å²) in [5.74, 6) is 0.517. The summed E-state index contributed by atoms with van der Waals surface area (Å²) in [7, 11) is 0. The second kappa shape index (κ2) is 14.0. The van der Waals surface area contributed by atoms with Gasteiger partial charge < -0.3 is 19.5 Å². The van der Waals surface area contributed by atoms with Crippen molar-refractivity contribution in [3.8, 4) is 0 Å². The predicted octanol–water partition coefficient (Wildman–Crippen LogP) is 5.73. The third kappa shape index (κ3) is 8.32. The smallest absolute Gasteiger partial charge is 0.145 e. The van der Waals surface area contributed by atoms with E-state index in [-0.39, 0.29) is 12.4 Å². The number of aliphatic hydroxyl groups is 1. The first kappa shape index (κ1) is 27.7. The van der Waals surface area contributed by atoms with E-state index in [0.717, 1.165) is 75.0 Å². The molecule has 2 aliphatic rings. The molecule has 5 nitrogen and oxygen atoms in total. The first-order valence-electron chi connectivity index (χ1n) is 12.0. The highest BCUT2D eigenvalue weighted by Gasteiger charge is 2.41. The number of morpholine rings is 1. The molecule has 7 heteroatoms. The quantitative estimate of drug-likeness (QED) is 0.195. The van der Waals surface area contributed by atoms with Crippen LogP contribution in [0.15, 0.2) is 60.0 Å². The molecule has 0 aromatic carbocycles. The van der Waals surface area contributed by atoms with Crippen LogP contribution in [0.3, 0.4) is 0 Å². The number of allylic oxidation sites excluding steroid dienone is 4. The molecule has 1 aliphatic heterocycles. The van der Waals surface area contributed by atoms with Crippen molar-refractivity contribution in [1.29, 1.82) is 0 Å². The summed E-state index contributed by atoms with van der Waals surface area (Å²) in [6.45, 7) is 18.8. The van der Waals surface area contributed by atoms with Crippen molar-refractivity contribution in [2.45, 2.75) is 57.6 Å². The van der Waals surface area contributed by atoms with E-state index in [9.17, 15) is 9.50 Å². The van der Waals surface area contributed by atoms with E-state index in [1.807, 2.05) is 0 Å². The van der Waals surface area contributed by atoms with Gasteiger partial charge in [0.2, 0.25) is 0 Å². The minimum atomic E-state index is -0.485. The second-order valence-corrected chi connectivity index (χ2v) is 10.3. The highest BCUT2D eigenvalue weighted by Crippen LogP contribution is 2.47. The van der Waals surface area contributed by atoms with Gasteiger partial charge in [0, 0.05) is 32.3 Å². The molecule has 2 rings (SSSR count). The molecule has 0 radical (unpaired) electrons. The molecule has 1 aliphatic carbocycles. The molecule has 0 aromatic rings. The van der Waals surface area contributed by atoms with Gasteiger partial charge in [-0.25, -0.2) is 8.70 Å². The molecule has 0 spiro atoms. The monoisotopic (exact) mass is 480 g/mol. The van der Waals surface area contributed by atoms with Crippen LogP contribution in [0.2, 0.25) is 0 Å². The summed E-state index contributed by atoms with van der Waals surface area (Å²) in [4.78, 5) is 2.36. The highest BCUT2D eigenvalue weighted by molar-refractivity contribution is 7.98. The largest absolute Gasteiger partial charge is 0.459 e. The Morgan fingerprint density at radius 2 is 1.94 bits per heavy atom. The van der Waals surface area contributed by atoms with Gasteiger partial charge in [0.15, 0.2) is 0 Å². The maximum atomic E-state index is 13.9. The Labute approximate surface area is 203 Å². The number of hydrogen-bond acceptors (Lipinski definition) is 6. The average molecular weight is 481 g/mol. The van der Waals surface area contributed by atoms with Gasteiger partial charge in [0.05, 0.1) is 30.3 Å². The van der Waals surface area contributed by atoms with Crippen LogP contribution >= 0.6 is 11.9 Å². The summed E-state index contributed by atoms with van der Waals surface area (Å²) in [5.41, 5.74) is 1.93. The van der Waals surface area contributed by atoms with Crippen molar-refractivity contribution in [2.24, 2.45) is 0 Å². The van der Waals surface area contributed by atoms with Gasteiger partial charge in [-0.3, -0.25) is 0 Å². The van der Waals surface area contributed by atoms with Crippen LogP contribution in [0.1, 0.15) is 52.9 Å². The first-order chi connectivity index (χ1) is 15.9. The van der Waals surface area contributed by atoms with Gasteiger partial charge in [0.25, 0.3) is 0 Å². The normalized spacial score (nSPS) is 22.2. The van der Waals surface area contributed by atoms with Crippen LogP contribution in [0.25, 0.3) is 0 Å². The molecule has 1 unspecified atom stereocenters. The third-order valence-electron chi connectivity index (χ3n) is 5.75. The van der Waals surface area contributed by atoms with Crippen LogP contribution in [0.4, 0.5) is 4.39 Å². The lowest BCUT2D eigenvalue weighted by Gasteiger charge is -2.42. The Bertz CT molecular complexity index is 751. The molecule has 1 atom stereocenters. The number of unbranched alkanes of at least 4 members (excludes halogenated alkanes) is 2. The van der Waals surface area contributed by atoms with Gasteiger partial charge >= 0.3 is 0 Å². The van der Waals surface area contributed by atoms with Gasteiger partial charge in [-0.2, -0.15) is 0 Å². The van der Waals surface area contributed by atoms with Crippen LogP contribution in [-0.4, -0.2) is 65.1 Å². The summed E-state index contributed by atoms with van der Waals surface area (Å²) in [6.07, 6.45) is 9.40. The standard InChI is InChI=1S/C26H41FN2O3S/c1-6-9-11-28(12-10-7-2)24-18-22(20-30)19-26(5,33-29-13-15-31-16-14-29)25(24)32-21(4)17-23(27)8-3/h8,17-18,30H,3-4,6-7,9-16,19-20H2,1-2,5H3/b23-17+. The molecule has 0 saturated carbocycles. The zero-order valence-corrected chi connectivity index (χ0v) is 21.4. The van der Waals surface area contributed by atoms with Crippen LogP contribution in [-0.2, 0) is 9.47 Å². The van der Waals surface area contributed by atoms with Gasteiger partial charge in [0.1, 0.15) is 17.3 Å². The molecule has 1 N–H and O–H groups in total. The average Bonchev–Trinajstić information content (AvgIpc) is 2.81. The maximum Gasteiger partial charge on any atom is 0.145 e. The van der Waals surface area contributed by atoms with E-state index in [2.05, 4.69) is 49.2 Å². The molecule has 0 amide bonds. The molecule has 1 fully saturated rings. The molecule has 1 heterocycles. The summed E-state index contributed by atoms with van der Waals surface area (Å²) < 4.78 is 27.6. The Balaban J connectivity index is 2.53. The van der Waals surface area contributed by atoms with E-state index >= 15 is 0 Å². The van der Waals surface area contributed by atoms with E-state index < -0.39 is 10.6 Å². The fourth-order valence-corrected chi connectivity index (χ4v) is 5.39. The summed E-state index contributed by atoms with van der Waals surface area (Å²) >= 11 is 1.72. The molecule has 0 aromatic heterocycles. The molecular formula is C26H41FN2O3S. The fraction of sp³-hybridized carbons (Fsp3) is 0.615. The second-order valence-electron chi connectivity index (χ2n) is 8.71. The van der Waals surface area contributed by atoms with Crippen molar-refractivity contribution >= 4 is 11.9 Å². The van der Waals surface area contributed by atoms with Crippen molar-refractivity contribution < 1.29 is 19.0 Å². The van der Waals surface area contributed by atoms with Crippen molar-refractivity contribution in [2.75, 3.05) is 46.0 Å². The summed E-state index contributed by atoms with van der Waals surface area (Å²) in [6, 6.07) is 0. The van der Waals surface area contributed by atoms with E-state index in [0.29, 0.717) is 19.6 Å².